The van der Waals surface area contributed by atoms with Gasteiger partial charge in [-0.3, -0.25) is 28.8 Å². The highest BCUT2D eigenvalue weighted by Crippen LogP contribution is 2.31. The normalized spacial score (nSPS) is 13.1. The molecule has 0 saturated heterocycles. The Hall–Kier alpha value is -6.03. The number of nitrogens with one attached hydrogen (secondary N) is 4. The first-order valence-electron chi connectivity index (χ1n) is 19.8. The number of anilines is 4. The molecule has 0 aliphatic heterocycles. The lowest BCUT2D eigenvalue weighted by atomic mass is 10.1. The summed E-state index contributed by atoms with van der Waals surface area (Å²) in [5.74, 6) is -3.81. The molecule has 336 valence electrons. The molecule has 4 amide bonds. The van der Waals surface area contributed by atoms with Crippen molar-refractivity contribution in [3.8, 4) is 0 Å². The number of para-hydroxylation sites is 2. The molecule has 4 atom stereocenters. The highest BCUT2D eigenvalue weighted by atomic mass is 35.5. The number of Topliss-reactive ketones (excluding diaryl/α,β-unsaturated/α-hetero) is 2. The number of alkyl halides is 3. The fourth-order valence-corrected chi connectivity index (χ4v) is 7.27. The summed E-state index contributed by atoms with van der Waals surface area (Å²) >= 11 is 31.3. The van der Waals surface area contributed by atoms with Crippen molar-refractivity contribution in [2.45, 2.75) is 57.0 Å². The van der Waals surface area contributed by atoms with Crippen LogP contribution in [0.5, 0.6) is 0 Å². The molecular weight excluding hydrogens is 938 g/mol. The van der Waals surface area contributed by atoms with Crippen molar-refractivity contribution in [3.05, 3.63) is 141 Å². The van der Waals surface area contributed by atoms with Gasteiger partial charge in [0.25, 0.3) is 23.6 Å². The number of hydrogen-bond donors (Lipinski definition) is 4. The zero-order valence-corrected chi connectivity index (χ0v) is 38.9. The molecule has 14 nitrogen and oxygen atoms in total. The fourth-order valence-electron chi connectivity index (χ4n) is 6.23. The molecule has 0 spiro atoms. The van der Waals surface area contributed by atoms with E-state index in [4.69, 9.17) is 58.0 Å². The summed E-state index contributed by atoms with van der Waals surface area (Å²) < 4.78 is 0. The maximum Gasteiger partial charge on any atom is 0.258 e. The van der Waals surface area contributed by atoms with E-state index in [1.165, 1.54) is 68.4 Å². The van der Waals surface area contributed by atoms with Crippen LogP contribution in [0.1, 0.15) is 75.9 Å². The number of benzene rings is 5. The topological polar surface area (TPSA) is 200 Å². The summed E-state index contributed by atoms with van der Waals surface area (Å²) in [7, 11) is 0. The summed E-state index contributed by atoms with van der Waals surface area (Å²) in [5, 5.41) is 26.6. The Morgan fingerprint density at radius 1 is 0.554 bits per heavy atom. The van der Waals surface area contributed by atoms with Crippen LogP contribution in [0.3, 0.4) is 0 Å². The van der Waals surface area contributed by atoms with E-state index in [9.17, 15) is 28.8 Å². The van der Waals surface area contributed by atoms with Crippen LogP contribution >= 0.6 is 58.0 Å². The molecule has 5 rings (SSSR count). The van der Waals surface area contributed by atoms with Gasteiger partial charge in [-0.2, -0.15) is 20.5 Å². The highest BCUT2D eigenvalue weighted by molar-refractivity contribution is 6.32. The third-order valence-corrected chi connectivity index (χ3v) is 10.5. The summed E-state index contributed by atoms with van der Waals surface area (Å²) in [6, 6.07) is 23.9. The molecule has 4 N–H and O–H groups in total. The van der Waals surface area contributed by atoms with Crippen LogP contribution in [0.4, 0.5) is 34.1 Å². The molecule has 0 aliphatic carbocycles. The zero-order chi connectivity index (χ0) is 47.4. The van der Waals surface area contributed by atoms with E-state index in [0.717, 1.165) is 0 Å². The minimum absolute atomic E-state index is 0.104. The molecule has 0 radical (unpaired) electrons. The first-order chi connectivity index (χ1) is 30.9. The van der Waals surface area contributed by atoms with Gasteiger partial charge in [-0.25, -0.2) is 0 Å². The quantitative estimate of drug-likeness (QED) is 0.0382. The predicted molar refractivity (Wildman–Crippen MR) is 256 cm³/mol. The lowest BCUT2D eigenvalue weighted by molar-refractivity contribution is -0.127. The summed E-state index contributed by atoms with van der Waals surface area (Å²) in [6.45, 7) is 5.89. The highest BCUT2D eigenvalue weighted by Gasteiger charge is 2.26. The number of rotatable bonds is 18. The number of carbonyl (C=O) groups excluding carboxylic acids is 6. The second-order valence-electron chi connectivity index (χ2n) is 14.5. The van der Waals surface area contributed by atoms with Crippen LogP contribution in [0, 0.1) is 0 Å². The Balaban J connectivity index is 1.28. The van der Waals surface area contributed by atoms with E-state index in [1.54, 1.807) is 62.4 Å². The molecule has 0 aliphatic rings. The number of carbonyl (C=O) groups is 6. The van der Waals surface area contributed by atoms with Crippen LogP contribution in [-0.4, -0.2) is 53.2 Å². The van der Waals surface area contributed by atoms with Gasteiger partial charge in [-0.15, -0.1) is 34.8 Å². The molecule has 4 unspecified atom stereocenters. The van der Waals surface area contributed by atoms with Crippen LogP contribution < -0.4 is 21.3 Å². The average Bonchev–Trinajstić information content (AvgIpc) is 3.24. The molecule has 5 aromatic rings. The van der Waals surface area contributed by atoms with Crippen LogP contribution in [-0.2, 0) is 25.6 Å². The number of nitrogens with zero attached hydrogens (tertiary/aromatic N) is 4. The third-order valence-electron chi connectivity index (χ3n) is 9.40. The largest absolute Gasteiger partial charge is 0.324 e. The first kappa shape index (κ1) is 50.0. The predicted octanol–water partition coefficient (Wildman–Crippen LogP) is 12.2. The maximum absolute atomic E-state index is 13.5. The van der Waals surface area contributed by atoms with Crippen LogP contribution in [0.2, 0.25) is 10.0 Å². The Bertz CT molecular complexity index is 2690. The minimum Gasteiger partial charge on any atom is -0.324 e. The molecule has 19 heteroatoms. The molecule has 0 aromatic heterocycles. The summed E-state index contributed by atoms with van der Waals surface area (Å²) in [5.41, 5.74) is 3.89. The number of halogens is 5. The van der Waals surface area contributed by atoms with E-state index in [-0.39, 0.29) is 67.0 Å². The fraction of sp³-hybridized carbons (Fsp3) is 0.217. The maximum atomic E-state index is 13.5. The summed E-state index contributed by atoms with van der Waals surface area (Å²) in [6.07, 6.45) is 0.214. The Labute approximate surface area is 399 Å². The van der Waals surface area contributed by atoms with E-state index >= 15 is 0 Å². The van der Waals surface area contributed by atoms with Gasteiger partial charge in [0.15, 0.2) is 11.6 Å². The van der Waals surface area contributed by atoms with Gasteiger partial charge in [0, 0.05) is 49.8 Å². The van der Waals surface area contributed by atoms with Crippen molar-refractivity contribution in [2.24, 2.45) is 20.5 Å². The lowest BCUT2D eigenvalue weighted by Crippen LogP contribution is -2.32. The van der Waals surface area contributed by atoms with E-state index < -0.39 is 47.3 Å². The third kappa shape index (κ3) is 14.0. The van der Waals surface area contributed by atoms with Gasteiger partial charge in [0.2, 0.25) is 12.1 Å². The number of amides is 4. The number of ketones is 2. The number of hydrogen-bond acceptors (Lipinski definition) is 10. The van der Waals surface area contributed by atoms with Crippen molar-refractivity contribution in [1.82, 2.24) is 0 Å². The molecule has 0 fully saturated rings. The van der Waals surface area contributed by atoms with Crippen molar-refractivity contribution in [1.29, 1.82) is 0 Å². The SMILES string of the molecule is CC(=O)C(N=Nc1cc(Cl)cc(C(=O)Nc2ccccc2C(C)Cl)c1)C(=O)Nc1ccc(NC(=O)C(N=Nc2cc(Cl)cc(C(=O)Nc3ccccc3C(C)Cl)c2)C(C)=O)c(CCCl)c1. The molecule has 5 aromatic carbocycles. The van der Waals surface area contributed by atoms with Crippen molar-refractivity contribution in [3.63, 3.8) is 0 Å². The van der Waals surface area contributed by atoms with Crippen LogP contribution in [0.15, 0.2) is 124 Å². The second-order valence-corrected chi connectivity index (χ2v) is 17.0. The number of aryl methyl sites for hydroxylation is 1. The van der Waals surface area contributed by atoms with E-state index in [1.807, 2.05) is 0 Å². The van der Waals surface area contributed by atoms with Crippen LogP contribution in [0.25, 0.3) is 0 Å². The molecule has 0 bridgehead atoms. The van der Waals surface area contributed by atoms with Crippen molar-refractivity contribution < 1.29 is 28.8 Å². The van der Waals surface area contributed by atoms with Crippen molar-refractivity contribution in [2.75, 3.05) is 27.1 Å². The Kier molecular flexibility index (Phi) is 17.9. The average molecular weight is 979 g/mol. The minimum atomic E-state index is -1.60. The molecule has 0 heterocycles. The van der Waals surface area contributed by atoms with Gasteiger partial charge in [0.05, 0.1) is 22.1 Å². The monoisotopic (exact) mass is 976 g/mol. The Morgan fingerprint density at radius 3 is 1.43 bits per heavy atom. The van der Waals surface area contributed by atoms with Gasteiger partial charge in [-0.05, 0) is 118 Å². The van der Waals surface area contributed by atoms with Crippen molar-refractivity contribution >= 4 is 127 Å². The van der Waals surface area contributed by atoms with E-state index in [0.29, 0.717) is 28.1 Å². The zero-order valence-electron chi connectivity index (χ0n) is 35.2. The Morgan fingerprint density at radius 2 is 1.00 bits per heavy atom. The molecule has 65 heavy (non-hydrogen) atoms. The lowest BCUT2D eigenvalue weighted by Gasteiger charge is -2.15. The molecule has 0 saturated carbocycles. The second kappa shape index (κ2) is 23.2. The smallest absolute Gasteiger partial charge is 0.258 e. The van der Waals surface area contributed by atoms with Gasteiger partial charge >= 0.3 is 0 Å². The van der Waals surface area contributed by atoms with Gasteiger partial charge in [0.1, 0.15) is 0 Å². The summed E-state index contributed by atoms with van der Waals surface area (Å²) in [4.78, 5) is 78.6. The van der Waals surface area contributed by atoms with Gasteiger partial charge in [-0.1, -0.05) is 59.6 Å². The van der Waals surface area contributed by atoms with Gasteiger partial charge < -0.3 is 21.3 Å². The van der Waals surface area contributed by atoms with E-state index in [2.05, 4.69) is 41.7 Å². The number of azo groups is 2. The standard InChI is InChI=1S/C46H41Cl5N8O6/c1-24(48)36-9-5-7-11-39(36)54-43(62)29-17-31(50)22-34(20-29)56-58-41(26(3)60)45(64)52-33-13-14-38(28(19-33)15-16-47)53-46(65)42(27(4)61)59-57-35-21-30(18-32(51)23-35)44(63)55-40-12-8-6-10-37(40)25(2)49/h5-14,17-25,41-42H,15-16H2,1-4H3,(H,52,64)(H,53,65)(H,54,62)(H,55,63). The molecular formula is C46H41Cl5N8O6. The first-order valence-corrected chi connectivity index (χ1v) is 21.9.